The summed E-state index contributed by atoms with van der Waals surface area (Å²) in [5.74, 6) is 0. The lowest BCUT2D eigenvalue weighted by atomic mass is 10.6. The number of hydrogen-bond donors (Lipinski definition) is 0. The molecule has 2 aromatic heterocycles. The molecule has 0 saturated carbocycles. The molecule has 0 aliphatic carbocycles. The molecule has 0 amide bonds. The van der Waals surface area contributed by atoms with Crippen LogP contribution in [0.5, 0.6) is 0 Å². The zero-order chi connectivity index (χ0) is 9.42. The fraction of sp³-hybridized carbons (Fsp3) is 0.143. The number of halogens is 2. The summed E-state index contributed by atoms with van der Waals surface area (Å²) < 4.78 is 2.81. The highest BCUT2D eigenvalue weighted by Crippen LogP contribution is 2.21. The quantitative estimate of drug-likeness (QED) is 0.596. The third kappa shape index (κ3) is 1.64. The van der Waals surface area contributed by atoms with Crippen molar-refractivity contribution >= 4 is 51.5 Å². The van der Waals surface area contributed by atoms with Gasteiger partial charge in [0.25, 0.3) is 0 Å². The molecule has 0 saturated heterocycles. The van der Waals surface area contributed by atoms with Crippen molar-refractivity contribution in [2.75, 3.05) is 6.26 Å². The molecule has 2 rings (SSSR count). The molecule has 2 aromatic rings. The van der Waals surface area contributed by atoms with Gasteiger partial charge in [-0.15, -0.1) is 0 Å². The highest BCUT2D eigenvalue weighted by molar-refractivity contribution is 14.1. The molecule has 0 spiro atoms. The van der Waals surface area contributed by atoms with E-state index in [9.17, 15) is 0 Å². The maximum absolute atomic E-state index is 5.95. The van der Waals surface area contributed by atoms with E-state index < -0.39 is 0 Å². The van der Waals surface area contributed by atoms with E-state index in [0.717, 1.165) is 14.4 Å². The van der Waals surface area contributed by atoms with E-state index in [1.807, 2.05) is 16.9 Å². The van der Waals surface area contributed by atoms with Crippen LogP contribution in [0, 0.1) is 3.70 Å². The second kappa shape index (κ2) is 3.62. The van der Waals surface area contributed by atoms with Crippen LogP contribution in [0.1, 0.15) is 0 Å². The standard InChI is InChI=1S/C7H5ClIN3S/c1-13-7-10-2-4-6(8)11-5(9)3-12(4)7/h2-3H,1H3. The zero-order valence-electron chi connectivity index (χ0n) is 6.66. The summed E-state index contributed by atoms with van der Waals surface area (Å²) in [5, 5.41) is 1.43. The molecule has 0 aromatic carbocycles. The Morgan fingerprint density at radius 3 is 3.08 bits per heavy atom. The Kier molecular flexibility index (Phi) is 2.66. The van der Waals surface area contributed by atoms with E-state index in [1.54, 1.807) is 18.0 Å². The van der Waals surface area contributed by atoms with Gasteiger partial charge in [0.05, 0.1) is 6.20 Å². The third-order valence-corrected chi connectivity index (χ3v) is 3.06. The molecule has 0 aliphatic heterocycles. The monoisotopic (exact) mass is 325 g/mol. The smallest absolute Gasteiger partial charge is 0.172 e. The van der Waals surface area contributed by atoms with Gasteiger partial charge in [-0.3, -0.25) is 4.40 Å². The van der Waals surface area contributed by atoms with Gasteiger partial charge in [-0.1, -0.05) is 23.4 Å². The fourth-order valence-electron chi connectivity index (χ4n) is 1.06. The summed E-state index contributed by atoms with van der Waals surface area (Å²) in [4.78, 5) is 8.35. The first-order valence-electron chi connectivity index (χ1n) is 3.45. The van der Waals surface area contributed by atoms with Crippen LogP contribution in [0.4, 0.5) is 0 Å². The van der Waals surface area contributed by atoms with Crippen LogP contribution >= 0.6 is 46.0 Å². The molecule has 0 atom stereocenters. The van der Waals surface area contributed by atoms with Crippen LogP contribution in [0.25, 0.3) is 5.52 Å². The largest absolute Gasteiger partial charge is 0.289 e. The minimum Gasteiger partial charge on any atom is -0.289 e. The Morgan fingerprint density at radius 1 is 1.62 bits per heavy atom. The number of thioether (sulfide) groups is 1. The molecule has 3 nitrogen and oxygen atoms in total. The lowest BCUT2D eigenvalue weighted by Crippen LogP contribution is -1.92. The number of hydrogen-bond acceptors (Lipinski definition) is 3. The first-order chi connectivity index (χ1) is 6.22. The first kappa shape index (κ1) is 9.54. The van der Waals surface area contributed by atoms with Gasteiger partial charge in [-0.2, -0.15) is 0 Å². The Morgan fingerprint density at radius 2 is 2.38 bits per heavy atom. The normalized spacial score (nSPS) is 11.0. The van der Waals surface area contributed by atoms with Crippen molar-refractivity contribution in [3.05, 3.63) is 21.2 Å². The molecule has 0 aliphatic rings. The van der Waals surface area contributed by atoms with Gasteiger partial charge in [0, 0.05) is 6.20 Å². The van der Waals surface area contributed by atoms with Gasteiger partial charge in [-0.25, -0.2) is 9.97 Å². The van der Waals surface area contributed by atoms with E-state index in [0.29, 0.717) is 5.15 Å². The Balaban J connectivity index is 2.82. The van der Waals surface area contributed by atoms with Crippen LogP contribution in [-0.4, -0.2) is 20.6 Å². The summed E-state index contributed by atoms with van der Waals surface area (Å²) in [6, 6.07) is 0. The van der Waals surface area contributed by atoms with Crippen molar-refractivity contribution in [3.63, 3.8) is 0 Å². The summed E-state index contributed by atoms with van der Waals surface area (Å²) >= 11 is 9.66. The molecule has 0 unspecified atom stereocenters. The van der Waals surface area contributed by atoms with E-state index in [2.05, 4.69) is 32.6 Å². The number of rotatable bonds is 1. The van der Waals surface area contributed by atoms with Crippen molar-refractivity contribution in [1.82, 2.24) is 14.4 Å². The van der Waals surface area contributed by atoms with Gasteiger partial charge in [0.2, 0.25) is 0 Å². The summed E-state index contributed by atoms with van der Waals surface area (Å²) in [5.41, 5.74) is 0.853. The third-order valence-electron chi connectivity index (χ3n) is 1.60. The molecule has 0 fully saturated rings. The minimum absolute atomic E-state index is 0.500. The van der Waals surface area contributed by atoms with E-state index in [4.69, 9.17) is 11.6 Å². The second-order valence-electron chi connectivity index (χ2n) is 2.35. The average molecular weight is 326 g/mol. The minimum atomic E-state index is 0.500. The zero-order valence-corrected chi connectivity index (χ0v) is 10.4. The number of imidazole rings is 1. The van der Waals surface area contributed by atoms with Gasteiger partial charge < -0.3 is 0 Å². The van der Waals surface area contributed by atoms with E-state index >= 15 is 0 Å². The van der Waals surface area contributed by atoms with Crippen molar-refractivity contribution in [2.24, 2.45) is 0 Å². The molecule has 13 heavy (non-hydrogen) atoms. The number of nitrogens with zero attached hydrogens (tertiary/aromatic N) is 3. The predicted molar refractivity (Wildman–Crippen MR) is 62.5 cm³/mol. The van der Waals surface area contributed by atoms with Gasteiger partial charge >= 0.3 is 0 Å². The van der Waals surface area contributed by atoms with Crippen LogP contribution in [-0.2, 0) is 0 Å². The SMILES string of the molecule is CSc1ncc2c(Cl)nc(I)cn12. The van der Waals surface area contributed by atoms with E-state index in [-0.39, 0.29) is 0 Å². The maximum atomic E-state index is 5.95. The van der Waals surface area contributed by atoms with Crippen LogP contribution < -0.4 is 0 Å². The highest BCUT2D eigenvalue weighted by Gasteiger charge is 2.07. The number of aromatic nitrogens is 3. The topological polar surface area (TPSA) is 30.2 Å². The number of fused-ring (bicyclic) bond motifs is 1. The average Bonchev–Trinajstić information content (AvgIpc) is 2.47. The lowest BCUT2D eigenvalue weighted by Gasteiger charge is -1.99. The molecule has 0 N–H and O–H groups in total. The van der Waals surface area contributed by atoms with Gasteiger partial charge in [0.15, 0.2) is 10.3 Å². The lowest BCUT2D eigenvalue weighted by molar-refractivity contribution is 0.942. The molecular weight excluding hydrogens is 321 g/mol. The molecule has 2 heterocycles. The molecular formula is C7H5ClIN3S. The van der Waals surface area contributed by atoms with Crippen LogP contribution in [0.3, 0.4) is 0 Å². The van der Waals surface area contributed by atoms with Gasteiger partial charge in [-0.05, 0) is 28.8 Å². The second-order valence-corrected chi connectivity index (χ2v) is 4.59. The van der Waals surface area contributed by atoms with Crippen molar-refractivity contribution in [2.45, 2.75) is 5.16 Å². The predicted octanol–water partition coefficient (Wildman–Crippen LogP) is 2.71. The highest BCUT2D eigenvalue weighted by atomic mass is 127. The van der Waals surface area contributed by atoms with Gasteiger partial charge in [0.1, 0.15) is 9.22 Å². The molecule has 6 heteroatoms. The van der Waals surface area contributed by atoms with Crippen molar-refractivity contribution < 1.29 is 0 Å². The Bertz CT molecular complexity index is 456. The van der Waals surface area contributed by atoms with Crippen molar-refractivity contribution in [1.29, 1.82) is 0 Å². The van der Waals surface area contributed by atoms with Crippen LogP contribution in [0.2, 0.25) is 5.15 Å². The molecule has 0 bridgehead atoms. The van der Waals surface area contributed by atoms with Crippen LogP contribution in [0.15, 0.2) is 17.6 Å². The van der Waals surface area contributed by atoms with Crippen molar-refractivity contribution in [3.8, 4) is 0 Å². The first-order valence-corrected chi connectivity index (χ1v) is 6.13. The Hall–Kier alpha value is -0.0100. The Labute approximate surface area is 98.0 Å². The fourth-order valence-corrected chi connectivity index (χ4v) is 2.46. The maximum Gasteiger partial charge on any atom is 0.172 e. The molecule has 68 valence electrons. The van der Waals surface area contributed by atoms with E-state index in [1.165, 1.54) is 0 Å². The summed E-state index contributed by atoms with van der Waals surface area (Å²) in [6.45, 7) is 0. The molecule has 0 radical (unpaired) electrons. The summed E-state index contributed by atoms with van der Waals surface area (Å²) in [6.07, 6.45) is 5.63. The summed E-state index contributed by atoms with van der Waals surface area (Å²) in [7, 11) is 0.